The molecular weight excluding hydrogens is 528 g/mol. The van der Waals surface area contributed by atoms with Crippen LogP contribution in [-0.4, -0.2) is 33.0 Å². The van der Waals surface area contributed by atoms with Gasteiger partial charge in [0.1, 0.15) is 28.2 Å². The van der Waals surface area contributed by atoms with Crippen LogP contribution in [0.3, 0.4) is 0 Å². The first kappa shape index (κ1) is 25.8. The van der Waals surface area contributed by atoms with E-state index in [1.165, 1.54) is 12.1 Å². The molecule has 0 saturated carbocycles. The van der Waals surface area contributed by atoms with Gasteiger partial charge in [-0.2, -0.15) is 0 Å². The van der Waals surface area contributed by atoms with Crippen molar-refractivity contribution in [3.8, 4) is 45.8 Å². The highest BCUT2D eigenvalue weighted by atomic mass is 16.5. The van der Waals surface area contributed by atoms with E-state index in [0.717, 1.165) is 17.7 Å². The van der Waals surface area contributed by atoms with Crippen LogP contribution in [0.15, 0.2) is 88.1 Å². The molecule has 5 aromatic rings. The molecular formula is C32H24O9. The Morgan fingerprint density at radius 3 is 2.37 bits per heavy atom. The molecule has 0 bridgehead atoms. The van der Waals surface area contributed by atoms with Gasteiger partial charge in [-0.25, -0.2) is 0 Å². The highest BCUT2D eigenvalue weighted by molar-refractivity contribution is 5.94. The van der Waals surface area contributed by atoms with E-state index >= 15 is 0 Å². The standard InChI is InChI=1S/C32H24O9/c33-21-11-10-18(14-22(21)34)31-30(38)29(37)28-23(35)16-25-27(32(28)41-31)20(15-26(36)40-25)19-8-4-5-9-24(19)39-13-12-17-6-2-1-3-7-17/h1-11,14,16,20,33-35,38H,12-13,15H2. The minimum Gasteiger partial charge on any atom is -0.507 e. The van der Waals surface area contributed by atoms with Gasteiger partial charge < -0.3 is 34.3 Å². The van der Waals surface area contributed by atoms with Crippen LogP contribution in [-0.2, 0) is 11.2 Å². The zero-order valence-electron chi connectivity index (χ0n) is 21.5. The number of phenolic OH excluding ortho intramolecular Hbond substituents is 3. The van der Waals surface area contributed by atoms with Crippen molar-refractivity contribution in [2.45, 2.75) is 18.8 Å². The Labute approximate surface area is 233 Å². The van der Waals surface area contributed by atoms with Gasteiger partial charge in [-0.1, -0.05) is 48.5 Å². The van der Waals surface area contributed by atoms with E-state index in [-0.39, 0.29) is 34.5 Å². The third kappa shape index (κ3) is 4.67. The fourth-order valence-corrected chi connectivity index (χ4v) is 5.13. The lowest BCUT2D eigenvalue weighted by Gasteiger charge is -2.27. The number of fused-ring (bicyclic) bond motifs is 3. The number of hydrogen-bond donors (Lipinski definition) is 4. The van der Waals surface area contributed by atoms with E-state index < -0.39 is 40.3 Å². The summed E-state index contributed by atoms with van der Waals surface area (Å²) >= 11 is 0. The fraction of sp³-hybridized carbons (Fsp3) is 0.125. The number of para-hydroxylation sites is 1. The van der Waals surface area contributed by atoms with Crippen molar-refractivity contribution in [2.24, 2.45) is 0 Å². The molecule has 1 aliphatic rings. The van der Waals surface area contributed by atoms with Crippen molar-refractivity contribution in [1.82, 2.24) is 0 Å². The molecule has 206 valence electrons. The first-order valence-electron chi connectivity index (χ1n) is 12.9. The first-order valence-corrected chi connectivity index (χ1v) is 12.9. The average Bonchev–Trinajstić information content (AvgIpc) is 2.96. The zero-order chi connectivity index (χ0) is 28.7. The summed E-state index contributed by atoms with van der Waals surface area (Å²) in [4.78, 5) is 26.0. The average molecular weight is 553 g/mol. The Morgan fingerprint density at radius 2 is 1.59 bits per heavy atom. The Kier molecular flexibility index (Phi) is 6.47. The summed E-state index contributed by atoms with van der Waals surface area (Å²) in [5, 5.41) is 40.9. The summed E-state index contributed by atoms with van der Waals surface area (Å²) in [6.45, 7) is 0.374. The van der Waals surface area contributed by atoms with E-state index in [9.17, 15) is 30.0 Å². The van der Waals surface area contributed by atoms with E-state index in [0.29, 0.717) is 29.9 Å². The summed E-state index contributed by atoms with van der Waals surface area (Å²) < 4.78 is 17.7. The molecule has 9 nitrogen and oxygen atoms in total. The lowest BCUT2D eigenvalue weighted by atomic mass is 9.84. The molecule has 1 aliphatic heterocycles. The molecule has 0 saturated heterocycles. The van der Waals surface area contributed by atoms with Gasteiger partial charge in [0.05, 0.1) is 13.0 Å². The van der Waals surface area contributed by atoms with Crippen molar-refractivity contribution >= 4 is 16.9 Å². The molecule has 0 spiro atoms. The molecule has 4 N–H and O–H groups in total. The molecule has 2 heterocycles. The van der Waals surface area contributed by atoms with Gasteiger partial charge in [-0.3, -0.25) is 9.59 Å². The van der Waals surface area contributed by atoms with Gasteiger partial charge >= 0.3 is 5.97 Å². The molecule has 1 unspecified atom stereocenters. The number of ether oxygens (including phenoxy) is 2. The summed E-state index contributed by atoms with van der Waals surface area (Å²) in [7, 11) is 0. The van der Waals surface area contributed by atoms with Crippen molar-refractivity contribution in [3.05, 3.63) is 106 Å². The smallest absolute Gasteiger partial charge is 0.312 e. The number of benzene rings is 4. The second-order valence-electron chi connectivity index (χ2n) is 9.68. The molecule has 6 rings (SSSR count). The number of esters is 1. The van der Waals surface area contributed by atoms with Crippen molar-refractivity contribution in [1.29, 1.82) is 0 Å². The first-order chi connectivity index (χ1) is 19.8. The lowest BCUT2D eigenvalue weighted by Crippen LogP contribution is -2.22. The molecule has 41 heavy (non-hydrogen) atoms. The fourth-order valence-electron chi connectivity index (χ4n) is 5.13. The van der Waals surface area contributed by atoms with Crippen LogP contribution in [0.2, 0.25) is 0 Å². The number of carbonyl (C=O) groups excluding carboxylic acids is 1. The summed E-state index contributed by atoms with van der Waals surface area (Å²) in [6.07, 6.45) is 0.554. The monoisotopic (exact) mass is 552 g/mol. The summed E-state index contributed by atoms with van der Waals surface area (Å²) in [5.74, 6) is -3.23. The topological polar surface area (TPSA) is 147 Å². The van der Waals surface area contributed by atoms with Gasteiger partial charge in [0.15, 0.2) is 17.3 Å². The highest BCUT2D eigenvalue weighted by Gasteiger charge is 2.35. The van der Waals surface area contributed by atoms with Crippen molar-refractivity contribution in [2.75, 3.05) is 6.61 Å². The second-order valence-corrected chi connectivity index (χ2v) is 9.68. The second kappa shape index (κ2) is 10.3. The van der Waals surface area contributed by atoms with Crippen LogP contribution in [0, 0.1) is 0 Å². The molecule has 1 aromatic heterocycles. The molecule has 0 amide bonds. The zero-order valence-corrected chi connectivity index (χ0v) is 21.5. The molecule has 0 radical (unpaired) electrons. The Bertz CT molecular complexity index is 1860. The highest BCUT2D eigenvalue weighted by Crippen LogP contribution is 2.48. The third-order valence-corrected chi connectivity index (χ3v) is 7.09. The minimum absolute atomic E-state index is 0.00341. The van der Waals surface area contributed by atoms with E-state index in [2.05, 4.69) is 0 Å². The van der Waals surface area contributed by atoms with E-state index in [1.807, 2.05) is 36.4 Å². The normalized spacial score (nSPS) is 14.4. The maximum absolute atomic E-state index is 13.3. The lowest BCUT2D eigenvalue weighted by molar-refractivity contribution is -0.135. The summed E-state index contributed by atoms with van der Waals surface area (Å²) in [6, 6.07) is 21.9. The Morgan fingerprint density at radius 1 is 0.829 bits per heavy atom. The van der Waals surface area contributed by atoms with Crippen molar-refractivity contribution < 1.29 is 39.1 Å². The van der Waals surface area contributed by atoms with Crippen LogP contribution in [0.5, 0.6) is 34.5 Å². The van der Waals surface area contributed by atoms with Gasteiger partial charge in [0.25, 0.3) is 0 Å². The number of aromatic hydroxyl groups is 4. The van der Waals surface area contributed by atoms with Gasteiger partial charge in [0.2, 0.25) is 11.2 Å². The molecule has 1 atom stereocenters. The van der Waals surface area contributed by atoms with Gasteiger partial charge in [-0.05, 0) is 29.8 Å². The Balaban J connectivity index is 1.50. The Hall–Kier alpha value is -5.44. The van der Waals surface area contributed by atoms with Crippen molar-refractivity contribution in [3.63, 3.8) is 0 Å². The minimum atomic E-state index is -0.919. The largest absolute Gasteiger partial charge is 0.507 e. The molecule has 0 aliphatic carbocycles. The SMILES string of the molecule is O=C1CC(c2ccccc2OCCc2ccccc2)c2c(cc(O)c3c(=O)c(O)c(-c4ccc(O)c(O)c4)oc23)O1. The van der Waals surface area contributed by atoms with Crippen LogP contribution in [0.4, 0.5) is 0 Å². The van der Waals surface area contributed by atoms with Crippen LogP contribution in [0.1, 0.15) is 29.0 Å². The van der Waals surface area contributed by atoms with E-state index in [4.69, 9.17) is 13.9 Å². The number of rotatable bonds is 6. The molecule has 9 heteroatoms. The third-order valence-electron chi connectivity index (χ3n) is 7.09. The quantitative estimate of drug-likeness (QED) is 0.124. The number of carbonyl (C=O) groups is 1. The maximum atomic E-state index is 13.3. The predicted octanol–water partition coefficient (Wildman–Crippen LogP) is 5.34. The van der Waals surface area contributed by atoms with Crippen LogP contribution in [0.25, 0.3) is 22.3 Å². The summed E-state index contributed by atoms with van der Waals surface area (Å²) in [5.41, 5.74) is 1.15. The molecule has 0 fully saturated rings. The molecule has 4 aromatic carbocycles. The van der Waals surface area contributed by atoms with Gasteiger partial charge in [0, 0.05) is 35.1 Å². The number of phenols is 3. The maximum Gasteiger partial charge on any atom is 0.312 e. The number of hydrogen-bond acceptors (Lipinski definition) is 9. The van der Waals surface area contributed by atoms with Crippen LogP contribution >= 0.6 is 0 Å². The van der Waals surface area contributed by atoms with Crippen LogP contribution < -0.4 is 14.9 Å². The predicted molar refractivity (Wildman–Crippen MR) is 149 cm³/mol. The van der Waals surface area contributed by atoms with Gasteiger partial charge in [-0.15, -0.1) is 0 Å². The van der Waals surface area contributed by atoms with E-state index in [1.54, 1.807) is 18.2 Å².